The van der Waals surface area contributed by atoms with E-state index >= 15 is 0 Å². The molecule has 0 saturated heterocycles. The number of aliphatic carboxylic acids is 1. The molecule has 3 N–H and O–H groups in total. The second-order valence-electron chi connectivity index (χ2n) is 3.49. The second-order valence-corrected chi connectivity index (χ2v) is 3.49. The molecule has 8 nitrogen and oxygen atoms in total. The predicted octanol–water partition coefficient (Wildman–Crippen LogP) is -0.0908. The van der Waals surface area contributed by atoms with Crippen molar-refractivity contribution in [1.29, 1.82) is 0 Å². The van der Waals surface area contributed by atoms with E-state index in [1.165, 1.54) is 0 Å². The van der Waals surface area contributed by atoms with Crippen LogP contribution in [0.5, 0.6) is 0 Å². The Labute approximate surface area is 105 Å². The SMILES string of the molecule is O=C(NC[C@H](O)C(=O)O)c1ccc([N+](=O)[O-])c(F)c1. The lowest BCUT2D eigenvalue weighted by Gasteiger charge is -2.07. The summed E-state index contributed by atoms with van der Waals surface area (Å²) in [7, 11) is 0. The lowest BCUT2D eigenvalue weighted by Crippen LogP contribution is -2.36. The van der Waals surface area contributed by atoms with Crippen LogP contribution < -0.4 is 5.32 Å². The maximum atomic E-state index is 13.2. The van der Waals surface area contributed by atoms with E-state index in [1.807, 2.05) is 5.32 Å². The Kier molecular flexibility index (Phi) is 4.48. The van der Waals surface area contributed by atoms with E-state index in [9.17, 15) is 24.1 Å². The molecule has 0 aliphatic rings. The van der Waals surface area contributed by atoms with Crippen molar-refractivity contribution in [3.05, 3.63) is 39.7 Å². The van der Waals surface area contributed by atoms with E-state index in [0.717, 1.165) is 12.1 Å². The molecule has 1 amide bonds. The maximum Gasteiger partial charge on any atom is 0.334 e. The molecule has 0 aliphatic heterocycles. The molecule has 0 aliphatic carbocycles. The van der Waals surface area contributed by atoms with Gasteiger partial charge in [-0.1, -0.05) is 0 Å². The fourth-order valence-electron chi connectivity index (χ4n) is 1.17. The number of carboxylic acid groups (broad SMARTS) is 1. The molecule has 1 rings (SSSR count). The Hall–Kier alpha value is -2.55. The first-order valence-electron chi connectivity index (χ1n) is 4.96. The zero-order valence-electron chi connectivity index (χ0n) is 9.37. The van der Waals surface area contributed by atoms with E-state index in [2.05, 4.69) is 0 Å². The van der Waals surface area contributed by atoms with Crippen LogP contribution in [-0.4, -0.2) is 39.7 Å². The van der Waals surface area contributed by atoms with Gasteiger partial charge >= 0.3 is 11.7 Å². The van der Waals surface area contributed by atoms with Gasteiger partial charge in [-0.2, -0.15) is 4.39 Å². The monoisotopic (exact) mass is 272 g/mol. The van der Waals surface area contributed by atoms with Gasteiger partial charge in [-0.25, -0.2) is 4.79 Å². The molecule has 1 aromatic carbocycles. The van der Waals surface area contributed by atoms with Gasteiger partial charge in [0.25, 0.3) is 5.91 Å². The van der Waals surface area contributed by atoms with Crippen molar-refractivity contribution >= 4 is 17.6 Å². The lowest BCUT2D eigenvalue weighted by atomic mass is 10.2. The highest BCUT2D eigenvalue weighted by Gasteiger charge is 2.18. The largest absolute Gasteiger partial charge is 0.479 e. The van der Waals surface area contributed by atoms with Crippen molar-refractivity contribution in [2.75, 3.05) is 6.54 Å². The minimum Gasteiger partial charge on any atom is -0.479 e. The Morgan fingerprint density at radius 2 is 2.11 bits per heavy atom. The summed E-state index contributed by atoms with van der Waals surface area (Å²) >= 11 is 0. The fourth-order valence-corrected chi connectivity index (χ4v) is 1.17. The molecule has 0 saturated carbocycles. The molecule has 102 valence electrons. The number of rotatable bonds is 5. The smallest absolute Gasteiger partial charge is 0.334 e. The van der Waals surface area contributed by atoms with Crippen molar-refractivity contribution in [1.82, 2.24) is 5.32 Å². The molecule has 9 heteroatoms. The van der Waals surface area contributed by atoms with E-state index < -0.39 is 41.0 Å². The van der Waals surface area contributed by atoms with Crippen molar-refractivity contribution in [2.24, 2.45) is 0 Å². The first kappa shape index (κ1) is 14.5. The number of carbonyl (C=O) groups excluding carboxylic acids is 1. The number of aliphatic hydroxyl groups is 1. The molecule has 0 aromatic heterocycles. The van der Waals surface area contributed by atoms with Crippen LogP contribution in [0.1, 0.15) is 10.4 Å². The number of aliphatic hydroxyl groups excluding tert-OH is 1. The molecular weight excluding hydrogens is 263 g/mol. The van der Waals surface area contributed by atoms with Crippen LogP contribution in [0.4, 0.5) is 10.1 Å². The van der Waals surface area contributed by atoms with Crippen LogP contribution >= 0.6 is 0 Å². The maximum absolute atomic E-state index is 13.2. The summed E-state index contributed by atoms with van der Waals surface area (Å²) in [5.74, 6) is -3.55. The normalized spacial score (nSPS) is 11.7. The van der Waals surface area contributed by atoms with E-state index in [0.29, 0.717) is 6.07 Å². The number of benzene rings is 1. The third-order valence-electron chi connectivity index (χ3n) is 2.15. The number of hydrogen-bond donors (Lipinski definition) is 3. The summed E-state index contributed by atoms with van der Waals surface area (Å²) in [6.45, 7) is -0.563. The fraction of sp³-hybridized carbons (Fsp3) is 0.200. The second kappa shape index (κ2) is 5.87. The molecule has 1 atom stereocenters. The van der Waals surface area contributed by atoms with E-state index in [4.69, 9.17) is 10.2 Å². The average Bonchev–Trinajstić information content (AvgIpc) is 2.34. The van der Waals surface area contributed by atoms with Gasteiger partial charge in [-0.3, -0.25) is 14.9 Å². The third-order valence-corrected chi connectivity index (χ3v) is 2.15. The first-order chi connectivity index (χ1) is 8.82. The van der Waals surface area contributed by atoms with Gasteiger partial charge in [0.1, 0.15) is 0 Å². The number of hydrogen-bond acceptors (Lipinski definition) is 5. The van der Waals surface area contributed by atoms with Gasteiger partial charge in [-0.05, 0) is 12.1 Å². The van der Waals surface area contributed by atoms with E-state index in [1.54, 1.807) is 0 Å². The van der Waals surface area contributed by atoms with Gasteiger partial charge in [0, 0.05) is 11.6 Å². The topological polar surface area (TPSA) is 130 Å². The van der Waals surface area contributed by atoms with Crippen molar-refractivity contribution in [3.8, 4) is 0 Å². The minimum absolute atomic E-state index is 0.222. The molecule has 0 spiro atoms. The molecule has 0 fully saturated rings. The predicted molar refractivity (Wildman–Crippen MR) is 59.0 cm³/mol. The van der Waals surface area contributed by atoms with Gasteiger partial charge in [0.05, 0.1) is 11.5 Å². The molecule has 0 radical (unpaired) electrons. The van der Waals surface area contributed by atoms with Crippen LogP contribution in [0.3, 0.4) is 0 Å². The average molecular weight is 272 g/mol. The van der Waals surface area contributed by atoms with Gasteiger partial charge in [0.15, 0.2) is 6.10 Å². The summed E-state index contributed by atoms with van der Waals surface area (Å²) in [4.78, 5) is 31.2. The third kappa shape index (κ3) is 3.71. The van der Waals surface area contributed by atoms with Gasteiger partial charge < -0.3 is 15.5 Å². The highest BCUT2D eigenvalue weighted by Crippen LogP contribution is 2.17. The van der Waals surface area contributed by atoms with Crippen LogP contribution in [-0.2, 0) is 4.79 Å². The number of nitrogens with zero attached hydrogens (tertiary/aromatic N) is 1. The van der Waals surface area contributed by atoms with Crippen molar-refractivity contribution in [3.63, 3.8) is 0 Å². The standard InChI is InChI=1S/C10H9FN2O6/c11-6-3-5(1-2-7(6)13(18)19)9(15)12-4-8(14)10(16)17/h1-3,8,14H,4H2,(H,12,15)(H,16,17)/t8-/m0/s1. The Morgan fingerprint density at radius 1 is 1.47 bits per heavy atom. The zero-order chi connectivity index (χ0) is 14.6. The van der Waals surface area contributed by atoms with Crippen LogP contribution in [0, 0.1) is 15.9 Å². The number of nitro groups is 1. The number of amides is 1. The summed E-state index contributed by atoms with van der Waals surface area (Å²) in [6.07, 6.45) is -1.79. The minimum atomic E-state index is -1.79. The van der Waals surface area contributed by atoms with Gasteiger partial charge in [0.2, 0.25) is 5.82 Å². The van der Waals surface area contributed by atoms with Crippen molar-refractivity contribution < 1.29 is 29.1 Å². The Balaban J connectivity index is 2.76. The molecule has 1 aromatic rings. The number of carbonyl (C=O) groups is 2. The van der Waals surface area contributed by atoms with Crippen LogP contribution in [0.15, 0.2) is 18.2 Å². The number of nitrogens with one attached hydrogen (secondary N) is 1. The highest BCUT2D eigenvalue weighted by atomic mass is 19.1. The van der Waals surface area contributed by atoms with Crippen LogP contribution in [0.2, 0.25) is 0 Å². The number of halogens is 1. The zero-order valence-corrected chi connectivity index (χ0v) is 9.37. The first-order valence-corrected chi connectivity index (χ1v) is 4.96. The highest BCUT2D eigenvalue weighted by molar-refractivity contribution is 5.94. The summed E-state index contributed by atoms with van der Waals surface area (Å²) < 4.78 is 13.2. The Morgan fingerprint density at radius 3 is 2.58 bits per heavy atom. The summed E-state index contributed by atoms with van der Waals surface area (Å²) in [6, 6.07) is 2.49. The molecule has 0 bridgehead atoms. The summed E-state index contributed by atoms with van der Waals surface area (Å²) in [5.41, 5.74) is -0.997. The van der Waals surface area contributed by atoms with Gasteiger partial charge in [-0.15, -0.1) is 0 Å². The molecule has 0 heterocycles. The van der Waals surface area contributed by atoms with Crippen LogP contribution in [0.25, 0.3) is 0 Å². The Bertz CT molecular complexity index is 533. The lowest BCUT2D eigenvalue weighted by molar-refractivity contribution is -0.387. The molecular formula is C10H9FN2O6. The quantitative estimate of drug-likeness (QED) is 0.507. The van der Waals surface area contributed by atoms with E-state index in [-0.39, 0.29) is 5.56 Å². The molecule has 0 unspecified atom stereocenters. The summed E-state index contributed by atoms with van der Waals surface area (Å²) in [5, 5.41) is 29.7. The number of nitro benzene ring substituents is 1. The van der Waals surface area contributed by atoms with Crippen molar-refractivity contribution in [2.45, 2.75) is 6.10 Å². The molecule has 19 heavy (non-hydrogen) atoms. The number of carboxylic acids is 1.